The molecule has 4 aromatic rings. The minimum atomic E-state index is -4.61. The van der Waals surface area contributed by atoms with Crippen LogP contribution in [0.2, 0.25) is 0 Å². The van der Waals surface area contributed by atoms with Gasteiger partial charge in [-0.2, -0.15) is 5.21 Å². The molecular formula is C20H23N9O5S2. The van der Waals surface area contributed by atoms with Gasteiger partial charge in [-0.1, -0.05) is 18.2 Å². The van der Waals surface area contributed by atoms with Gasteiger partial charge in [-0.25, -0.2) is 27.0 Å². The highest BCUT2D eigenvalue weighted by Crippen LogP contribution is 2.41. The molecule has 0 spiro atoms. The average Bonchev–Trinajstić information content (AvgIpc) is 3.57. The van der Waals surface area contributed by atoms with Gasteiger partial charge in [-0.05, 0) is 41.8 Å². The van der Waals surface area contributed by atoms with E-state index in [4.69, 9.17) is 10.9 Å². The predicted octanol–water partition coefficient (Wildman–Crippen LogP) is -0.616. The second-order valence-electron chi connectivity index (χ2n) is 8.59. The number of H-pyrrole nitrogens is 2. The van der Waals surface area contributed by atoms with E-state index in [0.29, 0.717) is 29.6 Å². The number of primary sulfonamides is 1. The zero-order valence-electron chi connectivity index (χ0n) is 18.7. The number of nitrogens with two attached hydrogens (primary N) is 2. The molecule has 8 N–H and O–H groups in total. The van der Waals surface area contributed by atoms with Crippen LogP contribution in [-0.2, 0) is 19.9 Å². The van der Waals surface area contributed by atoms with Crippen LogP contribution in [0.3, 0.4) is 0 Å². The van der Waals surface area contributed by atoms with E-state index in [1.807, 2.05) is 0 Å². The van der Waals surface area contributed by atoms with Crippen molar-refractivity contribution in [1.82, 2.24) is 35.9 Å². The molecule has 5 rings (SSSR count). The van der Waals surface area contributed by atoms with Crippen molar-refractivity contribution >= 4 is 36.8 Å². The first-order valence-electron chi connectivity index (χ1n) is 10.8. The molecule has 36 heavy (non-hydrogen) atoms. The van der Waals surface area contributed by atoms with Crippen LogP contribution in [0.15, 0.2) is 40.1 Å². The van der Waals surface area contributed by atoms with E-state index in [1.165, 1.54) is 12.1 Å². The fourth-order valence-electron chi connectivity index (χ4n) is 4.64. The lowest BCUT2D eigenvalue weighted by molar-refractivity contribution is 0.253. The number of aromatic amines is 2. The zero-order chi connectivity index (χ0) is 25.7. The Morgan fingerprint density at radius 3 is 2.58 bits per heavy atom. The van der Waals surface area contributed by atoms with E-state index in [9.17, 15) is 21.9 Å². The number of rotatable bonds is 7. The number of nitrogen functional groups attached to an aromatic ring is 1. The number of aliphatic hydroxyl groups excluding tert-OH is 1. The molecule has 0 radical (unpaired) electrons. The number of nitrogens with zero attached hydrogens (tertiary/aromatic N) is 4. The molecule has 0 amide bonds. The van der Waals surface area contributed by atoms with Crippen molar-refractivity contribution in [3.63, 3.8) is 0 Å². The number of tetrazole rings is 1. The SMILES string of the molecule is Nc1nc2c(-c3ccc(S(=O)(=O)C[C@H]4CN[C@H](CO)C4)c(S(N)(=O)=O)c3-c3nn[nH]n3)cccc2[nH]1. The Bertz CT molecular complexity index is 1650. The Morgan fingerprint density at radius 1 is 1.11 bits per heavy atom. The van der Waals surface area contributed by atoms with Crippen LogP contribution < -0.4 is 16.2 Å². The van der Waals surface area contributed by atoms with Gasteiger partial charge < -0.3 is 21.1 Å². The van der Waals surface area contributed by atoms with E-state index < -0.39 is 29.7 Å². The number of aliphatic hydroxyl groups is 1. The van der Waals surface area contributed by atoms with Gasteiger partial charge >= 0.3 is 0 Å². The summed E-state index contributed by atoms with van der Waals surface area (Å²) in [7, 11) is -8.76. The third-order valence-electron chi connectivity index (χ3n) is 6.12. The Labute approximate surface area is 205 Å². The fourth-order valence-corrected chi connectivity index (χ4v) is 7.92. The van der Waals surface area contributed by atoms with Gasteiger partial charge in [0.25, 0.3) is 0 Å². The molecular weight excluding hydrogens is 510 g/mol. The number of anilines is 1. The Balaban J connectivity index is 1.76. The van der Waals surface area contributed by atoms with Crippen LogP contribution in [0.25, 0.3) is 33.5 Å². The van der Waals surface area contributed by atoms with Crippen LogP contribution in [0.4, 0.5) is 5.95 Å². The largest absolute Gasteiger partial charge is 0.395 e. The molecule has 0 aliphatic carbocycles. The average molecular weight is 534 g/mol. The molecule has 1 aliphatic heterocycles. The van der Waals surface area contributed by atoms with Crippen LogP contribution in [0.5, 0.6) is 0 Å². The first-order valence-corrected chi connectivity index (χ1v) is 14.0. The van der Waals surface area contributed by atoms with E-state index in [0.717, 1.165) is 0 Å². The van der Waals surface area contributed by atoms with Crippen molar-refractivity contribution in [2.45, 2.75) is 22.3 Å². The quantitative estimate of drug-likeness (QED) is 0.175. The van der Waals surface area contributed by atoms with Crippen molar-refractivity contribution < 1.29 is 21.9 Å². The fraction of sp³-hybridized carbons (Fsp3) is 0.300. The standard InChI is InChI=1S/C20H23N9O5S2/c21-20-24-14-3-1-2-13(17(14)25-20)12-4-5-15(35(31,32)9-10-6-11(8-30)23-7-10)18(36(22,33)34)16(12)19-26-28-29-27-19/h1-5,10-11,23,30H,6-9H2,(H3,21,24,25)(H2,22,33,34)(H,26,27,28,29)/t10-,11+/m1/s1. The summed E-state index contributed by atoms with van der Waals surface area (Å²) < 4.78 is 52.9. The van der Waals surface area contributed by atoms with Gasteiger partial charge in [0.15, 0.2) is 15.8 Å². The summed E-state index contributed by atoms with van der Waals surface area (Å²) in [5, 5.41) is 31.7. The molecule has 0 saturated carbocycles. The Hall–Kier alpha value is -3.44. The topological polar surface area (TPSA) is 236 Å². The predicted molar refractivity (Wildman–Crippen MR) is 130 cm³/mol. The van der Waals surface area contributed by atoms with E-state index >= 15 is 0 Å². The molecule has 1 saturated heterocycles. The second kappa shape index (κ2) is 8.90. The number of hydrogen-bond donors (Lipinski definition) is 6. The lowest BCUT2D eigenvalue weighted by Crippen LogP contribution is -2.25. The smallest absolute Gasteiger partial charge is 0.240 e. The number of fused-ring (bicyclic) bond motifs is 1. The van der Waals surface area contributed by atoms with Gasteiger partial charge in [-0.15, -0.1) is 10.2 Å². The maximum absolute atomic E-state index is 13.5. The lowest BCUT2D eigenvalue weighted by atomic mass is 9.98. The second-order valence-corrected chi connectivity index (χ2v) is 12.1. The number of hydrogen-bond acceptors (Lipinski definition) is 11. The highest BCUT2D eigenvalue weighted by molar-refractivity contribution is 7.93. The van der Waals surface area contributed by atoms with Crippen LogP contribution in [0.1, 0.15) is 6.42 Å². The van der Waals surface area contributed by atoms with E-state index in [-0.39, 0.29) is 47.2 Å². The molecule has 2 aromatic carbocycles. The number of aromatic nitrogens is 6. The molecule has 1 aliphatic rings. The van der Waals surface area contributed by atoms with Gasteiger partial charge in [0, 0.05) is 11.6 Å². The minimum Gasteiger partial charge on any atom is -0.395 e. The maximum atomic E-state index is 13.5. The summed E-state index contributed by atoms with van der Waals surface area (Å²) in [4.78, 5) is 6.10. The van der Waals surface area contributed by atoms with Crippen molar-refractivity contribution in [2.75, 3.05) is 24.6 Å². The van der Waals surface area contributed by atoms with Crippen LogP contribution in [-0.4, -0.2) is 77.5 Å². The maximum Gasteiger partial charge on any atom is 0.240 e. The van der Waals surface area contributed by atoms with Gasteiger partial charge in [0.05, 0.1) is 33.9 Å². The molecule has 0 bridgehead atoms. The number of para-hydroxylation sites is 1. The molecule has 190 valence electrons. The van der Waals surface area contributed by atoms with Crippen LogP contribution >= 0.6 is 0 Å². The number of sulfone groups is 1. The van der Waals surface area contributed by atoms with E-state index in [1.54, 1.807) is 18.2 Å². The van der Waals surface area contributed by atoms with Crippen molar-refractivity contribution in [3.05, 3.63) is 30.3 Å². The molecule has 16 heteroatoms. The summed E-state index contributed by atoms with van der Waals surface area (Å²) in [5.41, 5.74) is 7.46. The van der Waals surface area contributed by atoms with Crippen molar-refractivity contribution in [1.29, 1.82) is 0 Å². The number of nitrogens with one attached hydrogen (secondary N) is 3. The van der Waals surface area contributed by atoms with E-state index in [2.05, 4.69) is 35.9 Å². The normalized spacial score (nSPS) is 18.7. The summed E-state index contributed by atoms with van der Waals surface area (Å²) in [6.07, 6.45) is 0.429. The molecule has 0 unspecified atom stereocenters. The third-order valence-corrected chi connectivity index (χ3v) is 9.16. The monoisotopic (exact) mass is 533 g/mol. The molecule has 2 aromatic heterocycles. The zero-order valence-corrected chi connectivity index (χ0v) is 20.3. The minimum absolute atomic E-state index is 0.126. The highest BCUT2D eigenvalue weighted by Gasteiger charge is 2.35. The van der Waals surface area contributed by atoms with Crippen LogP contribution in [0, 0.1) is 5.92 Å². The Kier molecular flexibility index (Phi) is 6.00. The summed E-state index contributed by atoms with van der Waals surface area (Å²) in [6.45, 7) is 0.242. The van der Waals surface area contributed by atoms with Gasteiger partial charge in [0.2, 0.25) is 15.8 Å². The first-order chi connectivity index (χ1) is 17.1. The molecule has 1 fully saturated rings. The number of benzene rings is 2. The van der Waals surface area contributed by atoms with Crippen molar-refractivity contribution in [3.8, 4) is 22.5 Å². The molecule has 14 nitrogen and oxygen atoms in total. The number of imidazole rings is 1. The summed E-state index contributed by atoms with van der Waals surface area (Å²) >= 11 is 0. The third kappa shape index (κ3) is 4.33. The number of sulfonamides is 1. The van der Waals surface area contributed by atoms with Crippen molar-refractivity contribution in [2.24, 2.45) is 11.1 Å². The lowest BCUT2D eigenvalue weighted by Gasteiger charge is -2.17. The Morgan fingerprint density at radius 2 is 1.92 bits per heavy atom. The summed E-state index contributed by atoms with van der Waals surface area (Å²) in [5.74, 6) is -0.671. The van der Waals surface area contributed by atoms with Gasteiger partial charge in [0.1, 0.15) is 4.90 Å². The first kappa shape index (κ1) is 24.3. The molecule has 3 heterocycles. The highest BCUT2D eigenvalue weighted by atomic mass is 32.2. The molecule has 2 atom stereocenters. The summed E-state index contributed by atoms with van der Waals surface area (Å²) in [6, 6.07) is 7.60. The van der Waals surface area contributed by atoms with Gasteiger partial charge in [-0.3, -0.25) is 0 Å².